The van der Waals surface area contributed by atoms with Crippen LogP contribution in [0.2, 0.25) is 0 Å². The summed E-state index contributed by atoms with van der Waals surface area (Å²) < 4.78 is 20.2. The van der Waals surface area contributed by atoms with Crippen LogP contribution >= 0.6 is 12.4 Å². The van der Waals surface area contributed by atoms with Crippen LogP contribution in [-0.4, -0.2) is 53.1 Å². The molecule has 0 aromatic heterocycles. The first-order valence-electron chi connectivity index (χ1n) is 13.3. The lowest BCUT2D eigenvalue weighted by molar-refractivity contribution is 0.0986. The second-order valence-electron chi connectivity index (χ2n) is 10.4. The molecule has 2 aromatic rings. The molecule has 5 nitrogen and oxygen atoms in total. The van der Waals surface area contributed by atoms with E-state index >= 15 is 0 Å². The first-order valence-corrected chi connectivity index (χ1v) is 13.3. The zero-order valence-electron chi connectivity index (χ0n) is 22.4. The standard InChI is InChI=1S/C30H40FN3O2.ClH/c1-5-7-8-16-33-22-30(34(29(33)35)27-13-10-12-26(31)19-27)15-17-32(23(3)20-30)21-25-11-9-14-28(18-25)36-24(4)6-2;/h5,9-14,18-19,23-24H,1,6-8,15-17,20-22H2,2-4H3;1H/t23-,24-,30+;/m1./s1. The summed E-state index contributed by atoms with van der Waals surface area (Å²) >= 11 is 0. The number of ether oxygens (including phenoxy) is 1. The molecule has 0 bridgehead atoms. The molecule has 0 saturated carbocycles. The minimum atomic E-state index is -0.337. The summed E-state index contributed by atoms with van der Waals surface area (Å²) in [6.45, 7) is 13.3. The summed E-state index contributed by atoms with van der Waals surface area (Å²) in [5.41, 5.74) is 1.55. The number of carbonyl (C=O) groups is 1. The Morgan fingerprint density at radius 3 is 2.73 bits per heavy atom. The second-order valence-corrected chi connectivity index (χ2v) is 10.4. The molecular weight excluding hydrogens is 489 g/mol. The van der Waals surface area contributed by atoms with Crippen LogP contribution in [0.1, 0.15) is 58.4 Å². The summed E-state index contributed by atoms with van der Waals surface area (Å²) in [5.74, 6) is 0.599. The lowest BCUT2D eigenvalue weighted by atomic mass is 9.82. The second kappa shape index (κ2) is 12.8. The number of allylic oxidation sites excluding steroid dienone is 1. The van der Waals surface area contributed by atoms with Crippen molar-refractivity contribution in [3.63, 3.8) is 0 Å². The number of nitrogens with zero attached hydrogens (tertiary/aromatic N) is 3. The van der Waals surface area contributed by atoms with Crippen LogP contribution in [0, 0.1) is 5.82 Å². The molecule has 2 heterocycles. The van der Waals surface area contributed by atoms with Gasteiger partial charge < -0.3 is 9.64 Å². The molecule has 0 unspecified atom stereocenters. The van der Waals surface area contributed by atoms with Gasteiger partial charge in [0.1, 0.15) is 11.6 Å². The van der Waals surface area contributed by atoms with Crippen LogP contribution < -0.4 is 9.64 Å². The molecule has 2 aliphatic heterocycles. The van der Waals surface area contributed by atoms with E-state index in [1.165, 1.54) is 17.7 Å². The molecule has 202 valence electrons. The number of likely N-dealkylation sites (tertiary alicyclic amines) is 1. The molecule has 2 aliphatic rings. The van der Waals surface area contributed by atoms with E-state index in [9.17, 15) is 9.18 Å². The van der Waals surface area contributed by atoms with Crippen molar-refractivity contribution in [2.45, 2.75) is 77.1 Å². The molecule has 1 spiro atoms. The Kier molecular flexibility index (Phi) is 10.0. The van der Waals surface area contributed by atoms with Crippen molar-refractivity contribution in [1.82, 2.24) is 9.80 Å². The Morgan fingerprint density at radius 1 is 1.24 bits per heavy atom. The molecule has 7 heteroatoms. The van der Waals surface area contributed by atoms with Crippen LogP contribution in [-0.2, 0) is 6.54 Å². The van der Waals surface area contributed by atoms with E-state index in [1.807, 2.05) is 28.0 Å². The molecular formula is C30H41ClFN3O2. The predicted molar refractivity (Wildman–Crippen MR) is 151 cm³/mol. The van der Waals surface area contributed by atoms with Crippen LogP contribution in [0.15, 0.2) is 61.2 Å². The fourth-order valence-electron chi connectivity index (χ4n) is 5.64. The predicted octanol–water partition coefficient (Wildman–Crippen LogP) is 7.06. The SMILES string of the molecule is C=CCCCN1C[C@@]2(CCN(Cc3cccc(O[C@H](C)CC)c3)[C@H](C)C2)N(c2cccc(F)c2)C1=O.Cl. The summed E-state index contributed by atoms with van der Waals surface area (Å²) in [7, 11) is 0. The maximum atomic E-state index is 14.2. The number of hydrogen-bond acceptors (Lipinski definition) is 3. The highest BCUT2D eigenvalue weighted by Gasteiger charge is 2.52. The number of carbonyl (C=O) groups excluding carboxylic acids is 1. The molecule has 0 aliphatic carbocycles. The van der Waals surface area contributed by atoms with Gasteiger partial charge in [0.15, 0.2) is 0 Å². The van der Waals surface area contributed by atoms with Crippen LogP contribution in [0.5, 0.6) is 5.75 Å². The van der Waals surface area contributed by atoms with Crippen molar-refractivity contribution in [2.24, 2.45) is 0 Å². The van der Waals surface area contributed by atoms with Crippen molar-refractivity contribution in [1.29, 1.82) is 0 Å². The lowest BCUT2D eigenvalue weighted by Crippen LogP contribution is -2.57. The molecule has 37 heavy (non-hydrogen) atoms. The largest absolute Gasteiger partial charge is 0.491 e. The Bertz CT molecular complexity index is 1070. The number of rotatable bonds is 10. The van der Waals surface area contributed by atoms with E-state index in [1.54, 1.807) is 6.07 Å². The van der Waals surface area contributed by atoms with Gasteiger partial charge in [-0.1, -0.05) is 31.2 Å². The number of urea groups is 1. The third kappa shape index (κ3) is 6.66. The van der Waals surface area contributed by atoms with E-state index in [0.717, 1.165) is 50.9 Å². The lowest BCUT2D eigenvalue weighted by Gasteiger charge is -2.47. The quantitative estimate of drug-likeness (QED) is 0.244. The number of unbranched alkanes of at least 4 members (excludes halogenated alkanes) is 1. The van der Waals surface area contributed by atoms with Crippen LogP contribution in [0.25, 0.3) is 0 Å². The molecule has 0 radical (unpaired) electrons. The van der Waals surface area contributed by atoms with E-state index in [4.69, 9.17) is 4.74 Å². The van der Waals surface area contributed by atoms with Gasteiger partial charge in [0.2, 0.25) is 0 Å². The first-order chi connectivity index (χ1) is 17.3. The highest BCUT2D eigenvalue weighted by molar-refractivity contribution is 5.96. The average molecular weight is 530 g/mol. The molecule has 2 fully saturated rings. The third-order valence-corrected chi connectivity index (χ3v) is 7.68. The smallest absolute Gasteiger partial charge is 0.325 e. The number of hydrogen-bond donors (Lipinski definition) is 0. The van der Waals surface area contributed by atoms with Gasteiger partial charge in [0, 0.05) is 37.9 Å². The summed E-state index contributed by atoms with van der Waals surface area (Å²) in [6.07, 6.45) is 6.51. The van der Waals surface area contributed by atoms with Gasteiger partial charge in [0.05, 0.1) is 11.6 Å². The van der Waals surface area contributed by atoms with Crippen molar-refractivity contribution < 1.29 is 13.9 Å². The van der Waals surface area contributed by atoms with Gasteiger partial charge in [-0.3, -0.25) is 9.80 Å². The summed E-state index contributed by atoms with van der Waals surface area (Å²) in [6, 6.07) is 15.1. The summed E-state index contributed by atoms with van der Waals surface area (Å²) in [5, 5.41) is 0. The molecule has 3 atom stereocenters. The van der Waals surface area contributed by atoms with Gasteiger partial charge in [-0.15, -0.1) is 19.0 Å². The van der Waals surface area contributed by atoms with Gasteiger partial charge in [-0.05, 0) is 81.8 Å². The van der Waals surface area contributed by atoms with Crippen molar-refractivity contribution in [3.05, 3.63) is 72.6 Å². The maximum Gasteiger partial charge on any atom is 0.325 e. The van der Waals surface area contributed by atoms with E-state index in [0.29, 0.717) is 18.8 Å². The Labute approximate surface area is 227 Å². The number of amides is 2. The molecule has 0 N–H and O–H groups in total. The first kappa shape index (κ1) is 29.0. The third-order valence-electron chi connectivity index (χ3n) is 7.68. The van der Waals surface area contributed by atoms with Gasteiger partial charge >= 0.3 is 6.03 Å². The number of anilines is 1. The van der Waals surface area contributed by atoms with Crippen molar-refractivity contribution in [3.8, 4) is 5.75 Å². The highest BCUT2D eigenvalue weighted by atomic mass is 35.5. The van der Waals surface area contributed by atoms with Crippen molar-refractivity contribution >= 4 is 24.1 Å². The maximum absolute atomic E-state index is 14.2. The minimum absolute atomic E-state index is 0. The molecule has 2 saturated heterocycles. The van der Waals surface area contributed by atoms with Gasteiger partial charge in [0.25, 0.3) is 0 Å². The topological polar surface area (TPSA) is 36.0 Å². The average Bonchev–Trinajstić information content (AvgIpc) is 3.11. The van der Waals surface area contributed by atoms with E-state index in [2.05, 4.69) is 50.4 Å². The van der Waals surface area contributed by atoms with Gasteiger partial charge in [-0.2, -0.15) is 0 Å². The summed E-state index contributed by atoms with van der Waals surface area (Å²) in [4.78, 5) is 19.9. The van der Waals surface area contributed by atoms with Crippen LogP contribution in [0.3, 0.4) is 0 Å². The number of benzene rings is 2. The zero-order valence-corrected chi connectivity index (χ0v) is 23.2. The van der Waals surface area contributed by atoms with Crippen LogP contribution in [0.4, 0.5) is 14.9 Å². The monoisotopic (exact) mass is 529 g/mol. The van der Waals surface area contributed by atoms with Crippen molar-refractivity contribution in [2.75, 3.05) is 24.5 Å². The molecule has 4 rings (SSSR count). The fourth-order valence-corrected chi connectivity index (χ4v) is 5.64. The Morgan fingerprint density at radius 2 is 2.03 bits per heavy atom. The van der Waals surface area contributed by atoms with E-state index < -0.39 is 0 Å². The Balaban J connectivity index is 0.00000380. The van der Waals surface area contributed by atoms with E-state index in [-0.39, 0.29) is 41.9 Å². The minimum Gasteiger partial charge on any atom is -0.491 e. The number of piperidine rings is 1. The molecule has 2 amide bonds. The Hall–Kier alpha value is -2.57. The fraction of sp³-hybridized carbons (Fsp3) is 0.500. The zero-order chi connectivity index (χ0) is 25.7. The normalized spacial score (nSPS) is 22.7. The molecule has 2 aromatic carbocycles. The van der Waals surface area contributed by atoms with Gasteiger partial charge in [-0.25, -0.2) is 9.18 Å². The highest BCUT2D eigenvalue weighted by Crippen LogP contribution is 2.42. The number of halogens is 2.